The fraction of sp³-hybridized carbons (Fsp3) is 0.308. The molecular weight excluding hydrogens is 421 g/mol. The van der Waals surface area contributed by atoms with Crippen molar-refractivity contribution in [2.45, 2.75) is 32.7 Å². The van der Waals surface area contributed by atoms with E-state index in [0.29, 0.717) is 35.6 Å². The van der Waals surface area contributed by atoms with Crippen molar-refractivity contribution >= 4 is 12.0 Å². The Labute approximate surface area is 193 Å². The van der Waals surface area contributed by atoms with E-state index in [0.717, 1.165) is 23.4 Å². The number of aromatic nitrogens is 2. The zero-order valence-electron chi connectivity index (χ0n) is 19.3. The van der Waals surface area contributed by atoms with E-state index in [4.69, 9.17) is 9.47 Å². The molecule has 2 heterocycles. The number of imidazole rings is 1. The highest BCUT2D eigenvalue weighted by Gasteiger charge is 2.31. The van der Waals surface area contributed by atoms with Crippen LogP contribution in [0, 0.1) is 12.7 Å². The molecule has 6 nitrogen and oxygen atoms in total. The van der Waals surface area contributed by atoms with Crippen LogP contribution in [-0.4, -0.2) is 41.1 Å². The van der Waals surface area contributed by atoms with Gasteiger partial charge in [-0.2, -0.15) is 0 Å². The summed E-state index contributed by atoms with van der Waals surface area (Å²) in [6.45, 7) is 4.34. The van der Waals surface area contributed by atoms with Gasteiger partial charge in [-0.25, -0.2) is 9.37 Å². The molecule has 3 aromatic rings. The maximum atomic E-state index is 14.6. The molecule has 2 aromatic carbocycles. The Bertz CT molecular complexity index is 1200. The molecule has 4 rings (SSSR count). The molecule has 0 unspecified atom stereocenters. The summed E-state index contributed by atoms with van der Waals surface area (Å²) in [4.78, 5) is 19.3. The molecule has 1 fully saturated rings. The first-order valence-electron chi connectivity index (χ1n) is 11.0. The van der Waals surface area contributed by atoms with E-state index in [1.165, 1.54) is 13.2 Å². The van der Waals surface area contributed by atoms with E-state index in [2.05, 4.69) is 4.98 Å². The Hall–Kier alpha value is -3.61. The Morgan fingerprint density at radius 2 is 1.94 bits per heavy atom. The normalized spacial score (nSPS) is 16.2. The van der Waals surface area contributed by atoms with Crippen LogP contribution < -0.4 is 9.47 Å². The fourth-order valence-electron chi connectivity index (χ4n) is 4.34. The van der Waals surface area contributed by atoms with Gasteiger partial charge in [0, 0.05) is 18.3 Å². The molecule has 0 bridgehead atoms. The first kappa shape index (κ1) is 22.6. The summed E-state index contributed by atoms with van der Waals surface area (Å²) in [7, 11) is 3.13. The number of methoxy groups -OCH3 is 2. The van der Waals surface area contributed by atoms with Gasteiger partial charge in [0.05, 0.1) is 43.5 Å². The van der Waals surface area contributed by atoms with Crippen LogP contribution in [0.3, 0.4) is 0 Å². The number of ether oxygens (including phenoxy) is 2. The summed E-state index contributed by atoms with van der Waals surface area (Å²) in [5, 5.41) is 0. The minimum absolute atomic E-state index is 0.0904. The van der Waals surface area contributed by atoms with E-state index in [-0.39, 0.29) is 11.7 Å². The van der Waals surface area contributed by atoms with E-state index < -0.39 is 6.04 Å². The maximum absolute atomic E-state index is 14.6. The Morgan fingerprint density at radius 3 is 2.64 bits per heavy atom. The van der Waals surface area contributed by atoms with Crippen molar-refractivity contribution in [3.8, 4) is 17.2 Å². The number of aryl methyl sites for hydroxylation is 1. The number of rotatable bonds is 6. The molecule has 1 aromatic heterocycles. The molecule has 1 aliphatic heterocycles. The molecule has 0 radical (unpaired) electrons. The Kier molecular flexibility index (Phi) is 6.49. The lowest BCUT2D eigenvalue weighted by Crippen LogP contribution is -2.39. The highest BCUT2D eigenvalue weighted by molar-refractivity contribution is 5.98. The van der Waals surface area contributed by atoms with Gasteiger partial charge in [0.1, 0.15) is 17.3 Å². The second kappa shape index (κ2) is 9.48. The first-order valence-corrected chi connectivity index (χ1v) is 11.0. The monoisotopic (exact) mass is 449 g/mol. The zero-order chi connectivity index (χ0) is 23.5. The third-order valence-electron chi connectivity index (χ3n) is 6.03. The quantitative estimate of drug-likeness (QED) is 0.491. The number of hydrogen-bond acceptors (Lipinski definition) is 4. The minimum Gasteiger partial charge on any atom is -0.496 e. The third-order valence-corrected chi connectivity index (χ3v) is 6.03. The highest BCUT2D eigenvalue weighted by Crippen LogP contribution is 2.35. The number of amides is 1. The predicted molar refractivity (Wildman–Crippen MR) is 125 cm³/mol. The molecule has 1 atom stereocenters. The van der Waals surface area contributed by atoms with Crippen LogP contribution in [0.25, 0.3) is 11.8 Å². The lowest BCUT2D eigenvalue weighted by atomic mass is 9.96. The zero-order valence-corrected chi connectivity index (χ0v) is 19.3. The second-order valence-electron chi connectivity index (χ2n) is 8.16. The van der Waals surface area contributed by atoms with Gasteiger partial charge < -0.3 is 18.9 Å². The summed E-state index contributed by atoms with van der Waals surface area (Å²) >= 11 is 0. The van der Waals surface area contributed by atoms with E-state index >= 15 is 0 Å². The van der Waals surface area contributed by atoms with Gasteiger partial charge >= 0.3 is 0 Å². The highest BCUT2D eigenvalue weighted by atomic mass is 19.1. The molecule has 33 heavy (non-hydrogen) atoms. The number of piperidine rings is 1. The minimum atomic E-state index is -0.446. The number of nitrogens with zero attached hydrogens (tertiary/aromatic N) is 3. The molecule has 7 heteroatoms. The number of carbonyl (C=O) groups is 1. The summed E-state index contributed by atoms with van der Waals surface area (Å²) in [6.07, 6.45) is 7.04. The van der Waals surface area contributed by atoms with Crippen LogP contribution in [0.4, 0.5) is 4.39 Å². The number of hydrogen-bond donors (Lipinski definition) is 0. The van der Waals surface area contributed by atoms with Crippen LogP contribution >= 0.6 is 0 Å². The average Bonchev–Trinajstić information content (AvgIpc) is 3.25. The van der Waals surface area contributed by atoms with Gasteiger partial charge in [0.2, 0.25) is 5.91 Å². The Morgan fingerprint density at radius 1 is 1.15 bits per heavy atom. The lowest BCUT2D eigenvalue weighted by Gasteiger charge is -2.34. The van der Waals surface area contributed by atoms with Crippen LogP contribution in [-0.2, 0) is 4.79 Å². The van der Waals surface area contributed by atoms with Crippen molar-refractivity contribution in [1.82, 2.24) is 14.5 Å². The summed E-state index contributed by atoms with van der Waals surface area (Å²) in [5.41, 5.74) is 3.75. The second-order valence-corrected chi connectivity index (χ2v) is 8.16. The van der Waals surface area contributed by atoms with Crippen LogP contribution in [0.5, 0.6) is 11.5 Å². The Balaban J connectivity index is 1.62. The van der Waals surface area contributed by atoms with Gasteiger partial charge in [-0.05, 0) is 62.6 Å². The van der Waals surface area contributed by atoms with Gasteiger partial charge in [-0.15, -0.1) is 0 Å². The van der Waals surface area contributed by atoms with Crippen molar-refractivity contribution < 1.29 is 18.7 Å². The van der Waals surface area contributed by atoms with Crippen molar-refractivity contribution in [2.75, 3.05) is 20.8 Å². The first-order chi connectivity index (χ1) is 15.9. The molecule has 172 valence electrons. The van der Waals surface area contributed by atoms with Crippen LogP contribution in [0.1, 0.15) is 42.6 Å². The number of benzene rings is 2. The summed E-state index contributed by atoms with van der Waals surface area (Å²) in [5.74, 6) is 0.668. The van der Waals surface area contributed by atoms with Crippen molar-refractivity contribution in [2.24, 2.45) is 0 Å². The SMILES string of the molecule is COc1cc(/C=C2\CCCN([C@@H](C)c3c(F)cccc3OC)C2=O)ccc1-n1cnc(C)c1. The summed E-state index contributed by atoms with van der Waals surface area (Å²) < 4.78 is 27.5. The van der Waals surface area contributed by atoms with Crippen LogP contribution in [0.15, 0.2) is 54.5 Å². The van der Waals surface area contributed by atoms with Gasteiger partial charge in [-0.1, -0.05) is 12.1 Å². The van der Waals surface area contributed by atoms with Gasteiger partial charge in [-0.3, -0.25) is 4.79 Å². The molecule has 0 N–H and O–H groups in total. The van der Waals surface area contributed by atoms with Crippen molar-refractivity contribution in [3.63, 3.8) is 0 Å². The van der Waals surface area contributed by atoms with E-state index in [9.17, 15) is 9.18 Å². The van der Waals surface area contributed by atoms with E-state index in [1.54, 1.807) is 30.5 Å². The number of carbonyl (C=O) groups excluding carboxylic acids is 1. The topological polar surface area (TPSA) is 56.6 Å². The number of halogens is 1. The van der Waals surface area contributed by atoms with Gasteiger partial charge in [0.25, 0.3) is 0 Å². The van der Waals surface area contributed by atoms with Gasteiger partial charge in [0.15, 0.2) is 0 Å². The standard InChI is InChI=1S/C26H28FN3O3/c1-17-15-29(16-28-17)22-11-10-19(14-24(22)33-4)13-20-7-6-12-30(26(20)31)18(2)25-21(27)8-5-9-23(25)32-3/h5,8-11,13-16,18H,6-7,12H2,1-4H3/b20-13+/t18-/m0/s1. The molecule has 0 saturated carbocycles. The maximum Gasteiger partial charge on any atom is 0.250 e. The van der Waals surface area contributed by atoms with Crippen molar-refractivity contribution in [3.05, 3.63) is 77.1 Å². The molecule has 1 aliphatic rings. The number of likely N-dealkylation sites (tertiary alicyclic amines) is 1. The molecule has 0 aliphatic carbocycles. The largest absolute Gasteiger partial charge is 0.496 e. The van der Waals surface area contributed by atoms with E-state index in [1.807, 2.05) is 48.9 Å². The lowest BCUT2D eigenvalue weighted by molar-refractivity contribution is -0.130. The third kappa shape index (κ3) is 4.49. The average molecular weight is 450 g/mol. The molecule has 0 spiro atoms. The molecular formula is C26H28FN3O3. The summed E-state index contributed by atoms with van der Waals surface area (Å²) in [6, 6.07) is 10.1. The molecule has 1 saturated heterocycles. The predicted octanol–water partition coefficient (Wildman–Crippen LogP) is 5.10. The molecule has 1 amide bonds. The fourth-order valence-corrected chi connectivity index (χ4v) is 4.34. The van der Waals surface area contributed by atoms with Crippen LogP contribution in [0.2, 0.25) is 0 Å². The smallest absolute Gasteiger partial charge is 0.250 e. The van der Waals surface area contributed by atoms with Crippen molar-refractivity contribution in [1.29, 1.82) is 0 Å².